The van der Waals surface area contributed by atoms with E-state index >= 15 is 0 Å². The zero-order chi connectivity index (χ0) is 24.1. The first kappa shape index (κ1) is 24.8. The van der Waals surface area contributed by atoms with Crippen molar-refractivity contribution in [3.05, 3.63) is 41.4 Å². The molecule has 1 amide bonds. The Hall–Kier alpha value is -2.29. The fourth-order valence-corrected chi connectivity index (χ4v) is 4.63. The van der Waals surface area contributed by atoms with Gasteiger partial charge in [0.05, 0.1) is 29.7 Å². The van der Waals surface area contributed by atoms with Crippen molar-refractivity contribution in [2.75, 3.05) is 64.3 Å². The van der Waals surface area contributed by atoms with Crippen molar-refractivity contribution >= 4 is 23.3 Å². The van der Waals surface area contributed by atoms with Crippen LogP contribution >= 0.6 is 11.6 Å². The lowest BCUT2D eigenvalue weighted by Gasteiger charge is -2.43. The van der Waals surface area contributed by atoms with Crippen molar-refractivity contribution in [1.29, 1.82) is 0 Å². The lowest BCUT2D eigenvalue weighted by molar-refractivity contribution is -0.134. The van der Waals surface area contributed by atoms with Gasteiger partial charge in [0.25, 0.3) is 0 Å². The van der Waals surface area contributed by atoms with E-state index in [1.54, 1.807) is 18.5 Å². The number of hydrogen-bond acceptors (Lipinski definition) is 6. The minimum Gasteiger partial charge on any atom is -0.354 e. The summed E-state index contributed by atoms with van der Waals surface area (Å²) >= 11 is 5.77. The highest BCUT2D eigenvalue weighted by molar-refractivity contribution is 6.30. The molecular formula is C25H34ClFN6O. The molecule has 4 rings (SSSR count). The highest BCUT2D eigenvalue weighted by atomic mass is 35.5. The number of rotatable bonds is 9. The van der Waals surface area contributed by atoms with Gasteiger partial charge in [-0.05, 0) is 38.9 Å². The number of anilines is 1. The van der Waals surface area contributed by atoms with Crippen LogP contribution < -0.4 is 4.90 Å². The van der Waals surface area contributed by atoms with E-state index in [0.29, 0.717) is 17.8 Å². The molecule has 1 aromatic heterocycles. The van der Waals surface area contributed by atoms with Crippen LogP contribution in [0.1, 0.15) is 26.2 Å². The van der Waals surface area contributed by atoms with Crippen LogP contribution in [0, 0.1) is 5.82 Å². The Balaban J connectivity index is 1.24. The first-order chi connectivity index (χ1) is 16.4. The number of aromatic nitrogens is 2. The van der Waals surface area contributed by atoms with Crippen molar-refractivity contribution in [3.63, 3.8) is 0 Å². The van der Waals surface area contributed by atoms with Crippen LogP contribution in [0.3, 0.4) is 0 Å². The average molecular weight is 489 g/mol. The van der Waals surface area contributed by atoms with Crippen LogP contribution in [0.15, 0.2) is 30.6 Å². The normalized spacial score (nSPS) is 17.1. The predicted molar refractivity (Wildman–Crippen MR) is 134 cm³/mol. The lowest BCUT2D eigenvalue weighted by atomic mass is 9.91. The Labute approximate surface area is 206 Å². The molecule has 2 heterocycles. The number of halogens is 2. The number of carbonyl (C=O) groups is 1. The van der Waals surface area contributed by atoms with Crippen LogP contribution in [-0.4, -0.2) is 96.0 Å². The second-order valence-corrected chi connectivity index (χ2v) is 9.61. The van der Waals surface area contributed by atoms with Gasteiger partial charge in [0.15, 0.2) is 0 Å². The number of likely N-dealkylation sites (N-methyl/N-ethyl adjacent to an activating group) is 2. The molecule has 0 N–H and O–H groups in total. The SMILES string of the molecule is CCN(CCN(C)CC(=O)N1CCN(C2CCC2)CC1)c1cnc(-c2ccc(Cl)c(F)c2)cn1. The molecule has 0 unspecified atom stereocenters. The molecular weight excluding hydrogens is 455 g/mol. The molecule has 0 bridgehead atoms. The van der Waals surface area contributed by atoms with Gasteiger partial charge < -0.3 is 9.80 Å². The maximum Gasteiger partial charge on any atom is 0.236 e. The van der Waals surface area contributed by atoms with E-state index in [0.717, 1.165) is 57.7 Å². The van der Waals surface area contributed by atoms with E-state index in [2.05, 4.69) is 31.6 Å². The Kier molecular flexibility index (Phi) is 8.34. The van der Waals surface area contributed by atoms with Gasteiger partial charge in [0.1, 0.15) is 11.6 Å². The second kappa shape index (κ2) is 11.4. The standard InChI is InChI=1S/C25H34ClFN6O/c1-3-31(24-17-28-23(16-29-24)19-7-8-21(26)22(27)15-19)10-9-30(2)18-25(34)33-13-11-32(12-14-33)20-5-4-6-20/h7-8,15-17,20H,3-6,9-14,18H2,1-2H3. The van der Waals surface area contributed by atoms with E-state index in [-0.39, 0.29) is 10.9 Å². The molecule has 2 aromatic rings. The van der Waals surface area contributed by atoms with Gasteiger partial charge in [-0.3, -0.25) is 19.6 Å². The molecule has 1 aromatic carbocycles. The van der Waals surface area contributed by atoms with Gasteiger partial charge in [-0.1, -0.05) is 24.1 Å². The van der Waals surface area contributed by atoms with Gasteiger partial charge in [0.2, 0.25) is 5.91 Å². The highest BCUT2D eigenvalue weighted by Crippen LogP contribution is 2.26. The van der Waals surface area contributed by atoms with Crippen molar-refractivity contribution in [1.82, 2.24) is 24.7 Å². The van der Waals surface area contributed by atoms with Gasteiger partial charge in [0, 0.05) is 57.4 Å². The number of carbonyl (C=O) groups excluding carboxylic acids is 1. The molecule has 0 atom stereocenters. The van der Waals surface area contributed by atoms with E-state index in [1.165, 1.54) is 31.4 Å². The van der Waals surface area contributed by atoms with Crippen LogP contribution in [-0.2, 0) is 4.79 Å². The smallest absolute Gasteiger partial charge is 0.236 e. The molecule has 9 heteroatoms. The van der Waals surface area contributed by atoms with Gasteiger partial charge in [-0.2, -0.15) is 0 Å². The molecule has 2 aliphatic rings. The Bertz CT molecular complexity index is 962. The van der Waals surface area contributed by atoms with E-state index in [4.69, 9.17) is 11.6 Å². The summed E-state index contributed by atoms with van der Waals surface area (Å²) in [5.41, 5.74) is 1.23. The summed E-state index contributed by atoms with van der Waals surface area (Å²) in [4.78, 5) is 30.5. The number of amides is 1. The summed E-state index contributed by atoms with van der Waals surface area (Å²) in [6, 6.07) is 5.37. The zero-order valence-corrected chi connectivity index (χ0v) is 20.8. The number of nitrogens with zero attached hydrogens (tertiary/aromatic N) is 6. The van der Waals surface area contributed by atoms with E-state index in [9.17, 15) is 9.18 Å². The molecule has 2 fully saturated rings. The van der Waals surface area contributed by atoms with E-state index < -0.39 is 5.82 Å². The van der Waals surface area contributed by atoms with Crippen molar-refractivity contribution in [2.24, 2.45) is 0 Å². The van der Waals surface area contributed by atoms with Crippen LogP contribution in [0.4, 0.5) is 10.2 Å². The average Bonchev–Trinajstić information content (AvgIpc) is 2.81. The summed E-state index contributed by atoms with van der Waals surface area (Å²) in [6.07, 6.45) is 7.34. The molecule has 1 saturated heterocycles. The van der Waals surface area contributed by atoms with E-state index in [1.807, 2.05) is 11.9 Å². The first-order valence-corrected chi connectivity index (χ1v) is 12.5. The Morgan fingerprint density at radius 3 is 2.50 bits per heavy atom. The molecule has 7 nitrogen and oxygen atoms in total. The third-order valence-corrected chi connectivity index (χ3v) is 7.28. The molecule has 1 aliphatic heterocycles. The Morgan fingerprint density at radius 1 is 1.15 bits per heavy atom. The maximum atomic E-state index is 13.8. The topological polar surface area (TPSA) is 55.8 Å². The molecule has 184 valence electrons. The zero-order valence-electron chi connectivity index (χ0n) is 20.1. The molecule has 0 radical (unpaired) electrons. The Morgan fingerprint density at radius 2 is 1.91 bits per heavy atom. The molecule has 1 aliphatic carbocycles. The summed E-state index contributed by atoms with van der Waals surface area (Å²) in [5.74, 6) is 0.490. The molecule has 1 saturated carbocycles. The summed E-state index contributed by atoms with van der Waals surface area (Å²) in [6.45, 7) is 8.42. The molecule has 0 spiro atoms. The third kappa shape index (κ3) is 6.03. The van der Waals surface area contributed by atoms with Crippen molar-refractivity contribution in [2.45, 2.75) is 32.2 Å². The quantitative estimate of drug-likeness (QED) is 0.539. The van der Waals surface area contributed by atoms with Gasteiger partial charge in [-0.15, -0.1) is 0 Å². The number of benzene rings is 1. The van der Waals surface area contributed by atoms with Gasteiger partial charge in [-0.25, -0.2) is 9.37 Å². The second-order valence-electron chi connectivity index (χ2n) is 9.21. The predicted octanol–water partition coefficient (Wildman–Crippen LogP) is 3.39. The summed E-state index contributed by atoms with van der Waals surface area (Å²) in [7, 11) is 1.99. The lowest BCUT2D eigenvalue weighted by Crippen LogP contribution is -2.55. The fourth-order valence-electron chi connectivity index (χ4n) is 4.51. The van der Waals surface area contributed by atoms with Gasteiger partial charge >= 0.3 is 0 Å². The van der Waals surface area contributed by atoms with Crippen molar-refractivity contribution in [3.8, 4) is 11.3 Å². The fraction of sp³-hybridized carbons (Fsp3) is 0.560. The van der Waals surface area contributed by atoms with Crippen LogP contribution in [0.2, 0.25) is 5.02 Å². The number of hydrogen-bond donors (Lipinski definition) is 0. The molecule has 34 heavy (non-hydrogen) atoms. The largest absolute Gasteiger partial charge is 0.354 e. The third-order valence-electron chi connectivity index (χ3n) is 6.97. The van der Waals surface area contributed by atoms with Crippen LogP contribution in [0.5, 0.6) is 0 Å². The van der Waals surface area contributed by atoms with Crippen molar-refractivity contribution < 1.29 is 9.18 Å². The maximum absolute atomic E-state index is 13.8. The first-order valence-electron chi connectivity index (χ1n) is 12.2. The summed E-state index contributed by atoms with van der Waals surface area (Å²) < 4.78 is 13.8. The number of piperazine rings is 1. The minimum atomic E-state index is -0.474. The summed E-state index contributed by atoms with van der Waals surface area (Å²) in [5, 5.41) is 0.0871. The monoisotopic (exact) mass is 488 g/mol. The minimum absolute atomic E-state index is 0.0871. The highest BCUT2D eigenvalue weighted by Gasteiger charge is 2.29. The van der Waals surface area contributed by atoms with Crippen LogP contribution in [0.25, 0.3) is 11.3 Å².